The van der Waals surface area contributed by atoms with Crippen LogP contribution in [-0.2, 0) is 6.42 Å². The average molecular weight is 404 g/mol. The molecule has 1 heterocycles. The van der Waals surface area contributed by atoms with Crippen molar-refractivity contribution in [3.8, 4) is 0 Å². The monoisotopic (exact) mass is 403 g/mol. The summed E-state index contributed by atoms with van der Waals surface area (Å²) in [7, 11) is 0. The minimum absolute atomic E-state index is 0.136. The first-order valence-corrected chi connectivity index (χ1v) is 11.5. The van der Waals surface area contributed by atoms with Gasteiger partial charge in [0, 0.05) is 16.8 Å². The number of hydrogen-bond donors (Lipinski definition) is 1. The molecule has 0 aromatic heterocycles. The molecule has 3 aliphatic rings. The van der Waals surface area contributed by atoms with Crippen LogP contribution < -0.4 is 15.8 Å². The summed E-state index contributed by atoms with van der Waals surface area (Å²) < 4.78 is 0. The van der Waals surface area contributed by atoms with Gasteiger partial charge >= 0.3 is 0 Å². The van der Waals surface area contributed by atoms with Gasteiger partial charge in [0.05, 0.1) is 0 Å². The minimum atomic E-state index is 0.136. The molecular weight excluding hydrogens is 374 g/mol. The molecule has 1 N–H and O–H groups in total. The van der Waals surface area contributed by atoms with Crippen LogP contribution in [0, 0.1) is 23.2 Å². The maximum atomic E-state index is 3.75. The van der Waals surface area contributed by atoms with E-state index in [1.54, 1.807) is 5.57 Å². The predicted molar refractivity (Wildman–Crippen MR) is 132 cm³/mol. The maximum Gasteiger partial charge on any atom is 0.0494 e. The summed E-state index contributed by atoms with van der Waals surface area (Å²) in [6, 6.07) is 22.3. The highest BCUT2D eigenvalue weighted by atomic mass is 14.9. The molecular formula is C30H29N. The lowest BCUT2D eigenvalue weighted by Crippen LogP contribution is -2.35. The fraction of sp³-hybridized carbons (Fsp3) is 0.267. The van der Waals surface area contributed by atoms with Gasteiger partial charge < -0.3 is 5.32 Å². The zero-order valence-electron chi connectivity index (χ0n) is 18.5. The van der Waals surface area contributed by atoms with Crippen LogP contribution in [0.5, 0.6) is 0 Å². The number of allylic oxidation sites excluding steroid dienone is 4. The number of hydrogen-bond acceptors (Lipinski definition) is 1. The lowest BCUT2D eigenvalue weighted by atomic mass is 9.74. The molecule has 1 aliphatic heterocycles. The molecule has 0 bridgehead atoms. The van der Waals surface area contributed by atoms with Gasteiger partial charge in [0.15, 0.2) is 0 Å². The summed E-state index contributed by atoms with van der Waals surface area (Å²) in [6.07, 6.45) is 10.9. The third-order valence-corrected chi connectivity index (χ3v) is 7.87. The maximum absolute atomic E-state index is 3.75. The van der Waals surface area contributed by atoms with Gasteiger partial charge in [-0.05, 0) is 64.0 Å². The first-order chi connectivity index (χ1) is 15.0. The van der Waals surface area contributed by atoms with Gasteiger partial charge in [-0.15, -0.1) is 0 Å². The molecule has 31 heavy (non-hydrogen) atoms. The first kappa shape index (κ1) is 18.7. The third-order valence-electron chi connectivity index (χ3n) is 7.87. The van der Waals surface area contributed by atoms with E-state index in [9.17, 15) is 0 Å². The van der Waals surface area contributed by atoms with Crippen molar-refractivity contribution < 1.29 is 0 Å². The highest BCUT2D eigenvalue weighted by Crippen LogP contribution is 2.57. The fourth-order valence-corrected chi connectivity index (χ4v) is 6.27. The Balaban J connectivity index is 1.57. The molecule has 0 amide bonds. The predicted octanol–water partition coefficient (Wildman–Crippen LogP) is 5.80. The third kappa shape index (κ3) is 2.83. The van der Waals surface area contributed by atoms with E-state index in [4.69, 9.17) is 0 Å². The van der Waals surface area contributed by atoms with Gasteiger partial charge in [0.1, 0.15) is 0 Å². The van der Waals surface area contributed by atoms with Crippen molar-refractivity contribution in [2.24, 2.45) is 23.2 Å². The largest absolute Gasteiger partial charge is 0.358 e. The zero-order valence-corrected chi connectivity index (χ0v) is 18.5. The van der Waals surface area contributed by atoms with E-state index >= 15 is 0 Å². The second-order valence-corrected chi connectivity index (χ2v) is 10.0. The van der Waals surface area contributed by atoms with Crippen molar-refractivity contribution in [3.05, 3.63) is 100 Å². The molecule has 1 nitrogen and oxygen atoms in total. The number of rotatable bonds is 0. The molecule has 0 radical (unpaired) electrons. The molecule has 0 spiro atoms. The Bertz CT molecular complexity index is 1390. The Morgan fingerprint density at radius 2 is 1.58 bits per heavy atom. The molecule has 3 atom stereocenters. The van der Waals surface area contributed by atoms with E-state index in [2.05, 4.69) is 111 Å². The summed E-state index contributed by atoms with van der Waals surface area (Å²) in [4.78, 5) is 0. The van der Waals surface area contributed by atoms with Gasteiger partial charge in [-0.3, -0.25) is 0 Å². The molecule has 6 rings (SSSR count). The average Bonchev–Trinajstić information content (AvgIpc) is 3.01. The van der Waals surface area contributed by atoms with Crippen molar-refractivity contribution in [1.29, 1.82) is 0 Å². The second kappa shape index (κ2) is 6.72. The van der Waals surface area contributed by atoms with Gasteiger partial charge in [-0.25, -0.2) is 0 Å². The molecule has 154 valence electrons. The van der Waals surface area contributed by atoms with Crippen molar-refractivity contribution in [1.82, 2.24) is 0 Å². The van der Waals surface area contributed by atoms with E-state index in [0.717, 1.165) is 6.42 Å². The Hall–Kier alpha value is -3.06. The van der Waals surface area contributed by atoms with Crippen molar-refractivity contribution in [3.63, 3.8) is 0 Å². The van der Waals surface area contributed by atoms with Gasteiger partial charge in [-0.1, -0.05) is 98.3 Å². The SMILES string of the molecule is C/C1=C\C=C2/C(Cc3ccc4ccccc4c3N1)C1C=c3ccccc3=CC1C2(C)C. The van der Waals surface area contributed by atoms with Crippen LogP contribution in [0.4, 0.5) is 5.69 Å². The summed E-state index contributed by atoms with van der Waals surface area (Å²) >= 11 is 0. The van der Waals surface area contributed by atoms with E-state index in [1.165, 1.54) is 38.2 Å². The highest BCUT2D eigenvalue weighted by molar-refractivity contribution is 5.96. The number of nitrogens with one attached hydrogen (secondary N) is 1. The smallest absolute Gasteiger partial charge is 0.0494 e. The van der Waals surface area contributed by atoms with E-state index in [1.807, 2.05) is 0 Å². The van der Waals surface area contributed by atoms with Gasteiger partial charge in [-0.2, -0.15) is 0 Å². The summed E-state index contributed by atoms with van der Waals surface area (Å²) in [5.74, 6) is 1.57. The standard InChI is InChI=1S/C30H29N/c1-19-12-15-27-25(17-23-14-13-20-8-6-7-11-24(20)29(23)31-19)26-16-21-9-4-5-10-22(21)18-28(26)30(27,2)3/h4-16,18,25-26,28,31H,17H2,1-3H3/b19-12+,27-15+. The molecule has 2 aliphatic carbocycles. The molecule has 1 heteroatoms. The minimum Gasteiger partial charge on any atom is -0.358 e. The van der Waals surface area contributed by atoms with Gasteiger partial charge in [0.25, 0.3) is 0 Å². The topological polar surface area (TPSA) is 12.0 Å². The van der Waals surface area contributed by atoms with Crippen LogP contribution in [0.25, 0.3) is 22.9 Å². The van der Waals surface area contributed by atoms with Crippen LogP contribution in [0.15, 0.2) is 84.1 Å². The Morgan fingerprint density at radius 3 is 2.42 bits per heavy atom. The van der Waals surface area contributed by atoms with Gasteiger partial charge in [0.2, 0.25) is 0 Å². The van der Waals surface area contributed by atoms with Crippen LogP contribution in [-0.4, -0.2) is 0 Å². The van der Waals surface area contributed by atoms with Crippen LogP contribution in [0.2, 0.25) is 0 Å². The molecule has 1 fully saturated rings. The summed E-state index contributed by atoms with van der Waals surface area (Å²) in [5.41, 5.74) is 5.63. The number of fused-ring (bicyclic) bond motifs is 7. The highest BCUT2D eigenvalue weighted by Gasteiger charge is 2.50. The lowest BCUT2D eigenvalue weighted by Gasteiger charge is -2.29. The van der Waals surface area contributed by atoms with Crippen LogP contribution in [0.3, 0.4) is 0 Å². The Labute approximate surface area is 184 Å². The van der Waals surface area contributed by atoms with E-state index in [-0.39, 0.29) is 5.41 Å². The molecule has 3 aromatic rings. The summed E-state index contributed by atoms with van der Waals surface area (Å²) in [5, 5.41) is 9.14. The Kier molecular flexibility index (Phi) is 4.05. The van der Waals surface area contributed by atoms with E-state index < -0.39 is 0 Å². The Morgan fingerprint density at radius 1 is 0.839 bits per heavy atom. The molecule has 0 saturated heterocycles. The first-order valence-electron chi connectivity index (χ1n) is 11.5. The fourth-order valence-electron chi connectivity index (χ4n) is 6.27. The zero-order chi connectivity index (χ0) is 21.2. The van der Waals surface area contributed by atoms with Crippen molar-refractivity contribution in [2.75, 3.05) is 5.32 Å². The summed E-state index contributed by atoms with van der Waals surface area (Å²) in [6.45, 7) is 7.08. The molecule has 3 unspecified atom stereocenters. The molecule has 3 aromatic carbocycles. The van der Waals surface area contributed by atoms with E-state index in [0.29, 0.717) is 17.8 Å². The van der Waals surface area contributed by atoms with Crippen molar-refractivity contribution >= 4 is 28.6 Å². The normalized spacial score (nSPS) is 28.9. The number of anilines is 1. The lowest BCUT2D eigenvalue weighted by molar-refractivity contribution is 0.350. The number of benzene rings is 3. The quantitative estimate of drug-likeness (QED) is 0.500. The molecule has 1 saturated carbocycles. The second-order valence-electron chi connectivity index (χ2n) is 10.0. The van der Waals surface area contributed by atoms with Crippen LogP contribution in [0.1, 0.15) is 26.3 Å². The van der Waals surface area contributed by atoms with Crippen molar-refractivity contribution in [2.45, 2.75) is 27.2 Å². The van der Waals surface area contributed by atoms with Crippen LogP contribution >= 0.6 is 0 Å².